The molecule has 0 spiro atoms. The van der Waals surface area contributed by atoms with Crippen LogP contribution in [0.3, 0.4) is 0 Å². The van der Waals surface area contributed by atoms with Crippen LogP contribution in [0, 0.1) is 0 Å². The van der Waals surface area contributed by atoms with Crippen LogP contribution in [0.25, 0.3) is 31.4 Å². The van der Waals surface area contributed by atoms with Gasteiger partial charge in [0.2, 0.25) is 5.91 Å². The molecule has 5 rings (SSSR count). The summed E-state index contributed by atoms with van der Waals surface area (Å²) in [6, 6.07) is 17.9. The van der Waals surface area contributed by atoms with Gasteiger partial charge in [0.1, 0.15) is 0 Å². The van der Waals surface area contributed by atoms with Gasteiger partial charge < -0.3 is 5.32 Å². The number of carbonyl (C=O) groups is 2. The van der Waals surface area contributed by atoms with E-state index in [-0.39, 0.29) is 24.5 Å². The van der Waals surface area contributed by atoms with Crippen molar-refractivity contribution >= 4 is 61.0 Å². The minimum Gasteiger partial charge on any atom is -0.326 e. The van der Waals surface area contributed by atoms with E-state index in [1.54, 1.807) is 23.6 Å². The number of amides is 1. The van der Waals surface area contributed by atoms with E-state index in [4.69, 9.17) is 0 Å². The van der Waals surface area contributed by atoms with Gasteiger partial charge in [-0.2, -0.15) is 5.10 Å². The molecule has 0 saturated carbocycles. The van der Waals surface area contributed by atoms with Gasteiger partial charge in [0.25, 0.3) is 0 Å². The molecule has 1 amide bonds. The average molecular weight is 432 g/mol. The molecule has 0 bridgehead atoms. The van der Waals surface area contributed by atoms with Crippen LogP contribution in [0.2, 0.25) is 0 Å². The van der Waals surface area contributed by atoms with Crippen molar-refractivity contribution in [3.8, 4) is 10.4 Å². The second-order valence-corrected chi connectivity index (χ2v) is 8.99. The first-order valence-electron chi connectivity index (χ1n) is 9.50. The van der Waals surface area contributed by atoms with Crippen LogP contribution in [0.5, 0.6) is 0 Å². The third-order valence-electron chi connectivity index (χ3n) is 4.90. The van der Waals surface area contributed by atoms with Gasteiger partial charge in [0, 0.05) is 39.1 Å². The predicted molar refractivity (Wildman–Crippen MR) is 123 cm³/mol. The van der Waals surface area contributed by atoms with E-state index in [1.165, 1.54) is 21.4 Å². The van der Waals surface area contributed by atoms with E-state index < -0.39 is 0 Å². The molecule has 0 atom stereocenters. The Balaban J connectivity index is 1.40. The molecule has 3 aromatic heterocycles. The molecule has 30 heavy (non-hydrogen) atoms. The Bertz CT molecular complexity index is 1330. The Labute approximate surface area is 180 Å². The Morgan fingerprint density at radius 3 is 2.73 bits per heavy atom. The van der Waals surface area contributed by atoms with Crippen molar-refractivity contribution in [3.63, 3.8) is 0 Å². The highest BCUT2D eigenvalue weighted by Gasteiger charge is 2.14. The fourth-order valence-electron chi connectivity index (χ4n) is 3.45. The van der Waals surface area contributed by atoms with Gasteiger partial charge in [-0.1, -0.05) is 24.3 Å². The molecular weight excluding hydrogens is 414 g/mol. The zero-order chi connectivity index (χ0) is 20.5. The van der Waals surface area contributed by atoms with E-state index in [1.807, 2.05) is 35.7 Å². The van der Waals surface area contributed by atoms with Crippen LogP contribution in [0.4, 0.5) is 5.69 Å². The fraction of sp³-hybridized carbons (Fsp3) is 0.0870. The van der Waals surface area contributed by atoms with Crippen molar-refractivity contribution in [2.24, 2.45) is 0 Å². The summed E-state index contributed by atoms with van der Waals surface area (Å²) in [7, 11) is 0. The minimum absolute atomic E-state index is 0.00333. The molecule has 0 saturated heterocycles. The summed E-state index contributed by atoms with van der Waals surface area (Å²) in [5.74, 6) is -0.179. The number of ketones is 1. The zero-order valence-corrected chi connectivity index (χ0v) is 17.5. The van der Waals surface area contributed by atoms with Crippen molar-refractivity contribution in [2.45, 2.75) is 12.8 Å². The summed E-state index contributed by atoms with van der Waals surface area (Å²) in [4.78, 5) is 26.4. The zero-order valence-electron chi connectivity index (χ0n) is 15.8. The smallest absolute Gasteiger partial charge is 0.224 e. The lowest BCUT2D eigenvalue weighted by Crippen LogP contribution is -2.13. The molecule has 5 aromatic rings. The topological polar surface area (TPSA) is 74.8 Å². The Morgan fingerprint density at radius 2 is 1.90 bits per heavy atom. The largest absolute Gasteiger partial charge is 0.326 e. The standard InChI is InChI=1S/C23H17N3O2S2/c27-18(20-6-3-9-29-20)7-8-22(28)25-16-10-15-13-24-26-23(15)17(12-16)21-11-14-4-1-2-5-19(14)30-21/h1-6,9-13H,7-8H2,(H,24,26)(H,25,28). The number of rotatable bonds is 6. The number of nitrogens with zero attached hydrogens (tertiary/aromatic N) is 1. The number of hydrogen-bond acceptors (Lipinski definition) is 5. The fourth-order valence-corrected chi connectivity index (χ4v) is 5.23. The average Bonchev–Trinajstić information content (AvgIpc) is 3.51. The highest BCUT2D eigenvalue weighted by atomic mass is 32.1. The van der Waals surface area contributed by atoms with Crippen molar-refractivity contribution < 1.29 is 9.59 Å². The first-order chi connectivity index (χ1) is 14.7. The molecule has 0 unspecified atom stereocenters. The van der Waals surface area contributed by atoms with Crippen molar-refractivity contribution in [1.82, 2.24) is 10.2 Å². The normalized spacial score (nSPS) is 11.2. The first kappa shape index (κ1) is 18.7. The third kappa shape index (κ3) is 3.65. The lowest BCUT2D eigenvalue weighted by molar-refractivity contribution is -0.116. The molecule has 0 radical (unpaired) electrons. The molecule has 148 valence electrons. The molecule has 7 heteroatoms. The second kappa shape index (κ2) is 7.85. The van der Waals surface area contributed by atoms with Gasteiger partial charge in [-0.05, 0) is 41.1 Å². The van der Waals surface area contributed by atoms with Crippen molar-refractivity contribution in [3.05, 3.63) is 71.1 Å². The molecule has 0 aliphatic rings. The quantitative estimate of drug-likeness (QED) is 0.319. The van der Waals surface area contributed by atoms with Crippen LogP contribution in [0.15, 0.2) is 66.2 Å². The monoisotopic (exact) mass is 431 g/mol. The molecular formula is C23H17N3O2S2. The number of aromatic nitrogens is 2. The van der Waals surface area contributed by atoms with E-state index in [2.05, 4.69) is 33.7 Å². The van der Waals surface area contributed by atoms with E-state index in [9.17, 15) is 9.59 Å². The molecule has 0 aliphatic carbocycles. The van der Waals surface area contributed by atoms with Crippen LogP contribution < -0.4 is 5.32 Å². The van der Waals surface area contributed by atoms with Gasteiger partial charge in [0.05, 0.1) is 16.6 Å². The lowest BCUT2D eigenvalue weighted by Gasteiger charge is -2.08. The predicted octanol–water partition coefficient (Wildman–Crippen LogP) is 6.11. The maximum atomic E-state index is 12.5. The van der Waals surface area contributed by atoms with Crippen LogP contribution in [-0.2, 0) is 4.79 Å². The van der Waals surface area contributed by atoms with E-state index >= 15 is 0 Å². The summed E-state index contributed by atoms with van der Waals surface area (Å²) < 4.78 is 1.21. The maximum Gasteiger partial charge on any atom is 0.224 e. The molecule has 0 aliphatic heterocycles. The van der Waals surface area contributed by atoms with Gasteiger partial charge in [-0.15, -0.1) is 22.7 Å². The number of thiophene rings is 2. The van der Waals surface area contributed by atoms with Crippen LogP contribution >= 0.6 is 22.7 Å². The molecule has 2 aromatic carbocycles. The highest BCUT2D eigenvalue weighted by molar-refractivity contribution is 7.22. The number of carbonyl (C=O) groups excluding carboxylic acids is 2. The van der Waals surface area contributed by atoms with Gasteiger partial charge in [0.15, 0.2) is 5.78 Å². The van der Waals surface area contributed by atoms with Gasteiger partial charge >= 0.3 is 0 Å². The Kier molecular flexibility index (Phi) is 4.90. The summed E-state index contributed by atoms with van der Waals surface area (Å²) in [6.45, 7) is 0. The van der Waals surface area contributed by atoms with Crippen LogP contribution in [0.1, 0.15) is 22.5 Å². The number of aromatic amines is 1. The number of anilines is 1. The molecule has 2 N–H and O–H groups in total. The van der Waals surface area contributed by atoms with Crippen molar-refractivity contribution in [2.75, 3.05) is 5.32 Å². The molecule has 0 fully saturated rings. The van der Waals surface area contributed by atoms with E-state index in [0.29, 0.717) is 10.6 Å². The number of H-pyrrole nitrogens is 1. The maximum absolute atomic E-state index is 12.5. The van der Waals surface area contributed by atoms with Gasteiger partial charge in [-0.3, -0.25) is 14.7 Å². The van der Waals surface area contributed by atoms with Crippen LogP contribution in [-0.4, -0.2) is 21.9 Å². The Hall–Kier alpha value is -3.29. The molecule has 5 nitrogen and oxygen atoms in total. The first-order valence-corrected chi connectivity index (χ1v) is 11.2. The number of nitrogens with one attached hydrogen (secondary N) is 2. The second-order valence-electron chi connectivity index (χ2n) is 6.96. The van der Waals surface area contributed by atoms with Crippen molar-refractivity contribution in [1.29, 1.82) is 0 Å². The number of fused-ring (bicyclic) bond motifs is 2. The SMILES string of the molecule is O=C(CCC(=O)c1cccs1)Nc1cc(-c2cc3ccccc3s2)c2[nH]ncc2c1. The summed E-state index contributed by atoms with van der Waals surface area (Å²) >= 11 is 3.10. The number of Topliss-reactive ketones (excluding diaryl/α,β-unsaturated/α-hetero) is 1. The number of hydrogen-bond donors (Lipinski definition) is 2. The third-order valence-corrected chi connectivity index (χ3v) is 6.96. The lowest BCUT2D eigenvalue weighted by atomic mass is 10.1. The molecule has 3 heterocycles. The Morgan fingerprint density at radius 1 is 1.00 bits per heavy atom. The highest BCUT2D eigenvalue weighted by Crippen LogP contribution is 2.38. The summed E-state index contributed by atoms with van der Waals surface area (Å²) in [6.07, 6.45) is 2.10. The summed E-state index contributed by atoms with van der Waals surface area (Å²) in [5, 5.41) is 14.2. The number of benzene rings is 2. The summed E-state index contributed by atoms with van der Waals surface area (Å²) in [5.41, 5.74) is 2.63. The van der Waals surface area contributed by atoms with E-state index in [0.717, 1.165) is 21.3 Å². The minimum atomic E-state index is -0.176. The van der Waals surface area contributed by atoms with Gasteiger partial charge in [-0.25, -0.2) is 0 Å².